The fourth-order valence-corrected chi connectivity index (χ4v) is 3.94. The number of carboxylic acid groups (broad SMARTS) is 2. The molecule has 14 nitrogen and oxygen atoms in total. The number of nitrogens with one attached hydrogen (secondary N) is 4. The molecule has 2 rings (SSSR count). The average Bonchev–Trinajstić information content (AvgIpc) is 3.24. The number of aromatic amines is 1. The van der Waals surface area contributed by atoms with Crippen LogP contribution in [0.4, 0.5) is 0 Å². The van der Waals surface area contributed by atoms with Gasteiger partial charge in [-0.3, -0.25) is 24.0 Å². The minimum atomic E-state index is -1.71. The first-order valence-electron chi connectivity index (χ1n) is 12.2. The number of carbonyl (C=O) groups excluding carboxylic acids is 4. The smallest absolute Gasteiger partial charge is 0.326 e. The van der Waals surface area contributed by atoms with E-state index in [0.717, 1.165) is 10.9 Å². The zero-order chi connectivity index (χ0) is 29.3. The number of carbonyl (C=O) groups is 6. The molecule has 2 aromatic rings. The second-order valence-corrected chi connectivity index (χ2v) is 9.59. The summed E-state index contributed by atoms with van der Waals surface area (Å²) in [6, 6.07) is 1.76. The summed E-state index contributed by atoms with van der Waals surface area (Å²) in [6.45, 7) is 3.54. The monoisotopic (exact) mass is 546 g/mol. The Bertz CT molecular complexity index is 1230. The second-order valence-electron chi connectivity index (χ2n) is 9.59. The predicted octanol–water partition coefficient (Wildman–Crippen LogP) is -1.03. The maximum atomic E-state index is 13.4. The highest BCUT2D eigenvalue weighted by Crippen LogP contribution is 2.19. The molecule has 0 saturated heterocycles. The number of H-pyrrole nitrogens is 1. The molecule has 39 heavy (non-hydrogen) atoms. The number of rotatable bonds is 15. The van der Waals surface area contributed by atoms with Crippen molar-refractivity contribution in [1.82, 2.24) is 20.9 Å². The largest absolute Gasteiger partial charge is 0.481 e. The number of hydrogen-bond acceptors (Lipinski definition) is 7. The van der Waals surface area contributed by atoms with Crippen LogP contribution in [-0.4, -0.2) is 74.9 Å². The first-order valence-corrected chi connectivity index (χ1v) is 12.2. The van der Waals surface area contributed by atoms with Crippen molar-refractivity contribution in [3.63, 3.8) is 0 Å². The van der Waals surface area contributed by atoms with Gasteiger partial charge < -0.3 is 42.6 Å². The second kappa shape index (κ2) is 13.9. The number of benzene rings is 1. The van der Waals surface area contributed by atoms with Gasteiger partial charge in [-0.2, -0.15) is 0 Å². The Morgan fingerprint density at radius 2 is 1.46 bits per heavy atom. The molecule has 0 radical (unpaired) electrons. The Kier molecular flexibility index (Phi) is 11.0. The van der Waals surface area contributed by atoms with Gasteiger partial charge in [0.1, 0.15) is 18.1 Å². The van der Waals surface area contributed by atoms with E-state index in [1.807, 2.05) is 18.2 Å². The van der Waals surface area contributed by atoms with E-state index in [9.17, 15) is 33.9 Å². The third-order valence-electron chi connectivity index (χ3n) is 5.82. The lowest BCUT2D eigenvalue weighted by Crippen LogP contribution is -2.58. The number of carboxylic acids is 2. The van der Waals surface area contributed by atoms with Crippen LogP contribution in [0.5, 0.6) is 0 Å². The van der Waals surface area contributed by atoms with Crippen LogP contribution in [0.1, 0.15) is 38.7 Å². The van der Waals surface area contributed by atoms with E-state index >= 15 is 0 Å². The highest BCUT2D eigenvalue weighted by atomic mass is 16.4. The van der Waals surface area contributed by atoms with Crippen molar-refractivity contribution in [2.45, 2.75) is 63.7 Å². The van der Waals surface area contributed by atoms with Crippen LogP contribution >= 0.6 is 0 Å². The average molecular weight is 547 g/mol. The highest BCUT2D eigenvalue weighted by molar-refractivity contribution is 5.96. The number of fused-ring (bicyclic) bond motifs is 1. The van der Waals surface area contributed by atoms with Gasteiger partial charge in [-0.15, -0.1) is 0 Å². The molecular formula is C25H34N6O8. The summed E-state index contributed by atoms with van der Waals surface area (Å²) in [5, 5.41) is 26.2. The van der Waals surface area contributed by atoms with E-state index in [1.165, 1.54) is 0 Å². The van der Waals surface area contributed by atoms with Crippen LogP contribution in [0.3, 0.4) is 0 Å². The molecule has 1 heterocycles. The molecule has 1 aromatic heterocycles. The van der Waals surface area contributed by atoms with E-state index in [1.54, 1.807) is 26.1 Å². The van der Waals surface area contributed by atoms with Crippen molar-refractivity contribution in [1.29, 1.82) is 0 Å². The molecule has 0 bridgehead atoms. The molecule has 4 amide bonds. The minimum Gasteiger partial charge on any atom is -0.481 e. The lowest BCUT2D eigenvalue weighted by molar-refractivity contribution is -0.147. The van der Waals surface area contributed by atoms with Crippen LogP contribution in [0.2, 0.25) is 0 Å². The molecule has 0 saturated carbocycles. The molecule has 14 heteroatoms. The number of aliphatic carboxylic acids is 2. The molecule has 0 fully saturated rings. The number of nitrogens with two attached hydrogens (primary N) is 2. The molecule has 212 valence electrons. The zero-order valence-electron chi connectivity index (χ0n) is 21.6. The third kappa shape index (κ3) is 9.41. The standard InChI is InChI=1S/C25H34N6O8/c1-12(2)7-17(23(36)31-19(25(38)39)10-21(33)34)30-24(37)18(29-22(35)15(26)9-20(27)32)8-13-11-28-16-6-4-3-5-14(13)16/h3-6,11-12,15,17-19,28H,7-10,26H2,1-2H3,(H2,27,32)(H,29,35)(H,30,37)(H,31,36)(H,33,34)(H,38,39). The summed E-state index contributed by atoms with van der Waals surface area (Å²) >= 11 is 0. The van der Waals surface area contributed by atoms with Crippen LogP contribution in [-0.2, 0) is 35.2 Å². The van der Waals surface area contributed by atoms with Gasteiger partial charge in [0.2, 0.25) is 23.6 Å². The van der Waals surface area contributed by atoms with Gasteiger partial charge in [0, 0.05) is 23.5 Å². The molecular weight excluding hydrogens is 512 g/mol. The Labute approximate surface area is 223 Å². The molecule has 10 N–H and O–H groups in total. The molecule has 0 aliphatic rings. The third-order valence-corrected chi connectivity index (χ3v) is 5.82. The van der Waals surface area contributed by atoms with E-state index in [4.69, 9.17) is 16.6 Å². The van der Waals surface area contributed by atoms with E-state index in [2.05, 4.69) is 20.9 Å². The molecule has 4 atom stereocenters. The van der Waals surface area contributed by atoms with E-state index in [-0.39, 0.29) is 18.8 Å². The van der Waals surface area contributed by atoms with Crippen molar-refractivity contribution in [3.05, 3.63) is 36.0 Å². The highest BCUT2D eigenvalue weighted by Gasteiger charge is 2.32. The van der Waals surface area contributed by atoms with Gasteiger partial charge in [0.05, 0.1) is 18.9 Å². The number of hydrogen-bond donors (Lipinski definition) is 8. The lowest BCUT2D eigenvalue weighted by atomic mass is 10.00. The normalized spacial score (nSPS) is 14.2. The van der Waals surface area contributed by atoms with Gasteiger partial charge in [-0.1, -0.05) is 32.0 Å². The Hall–Kier alpha value is -4.46. The molecule has 4 unspecified atom stereocenters. The summed E-state index contributed by atoms with van der Waals surface area (Å²) in [7, 11) is 0. The molecule has 0 aliphatic carbocycles. The van der Waals surface area contributed by atoms with Gasteiger partial charge in [-0.25, -0.2) is 4.79 Å². The van der Waals surface area contributed by atoms with Crippen molar-refractivity contribution >= 4 is 46.5 Å². The Morgan fingerprint density at radius 3 is 2.05 bits per heavy atom. The van der Waals surface area contributed by atoms with Gasteiger partial charge in [0.25, 0.3) is 0 Å². The van der Waals surface area contributed by atoms with Crippen LogP contribution in [0.25, 0.3) is 10.9 Å². The van der Waals surface area contributed by atoms with Crippen molar-refractivity contribution in [3.8, 4) is 0 Å². The van der Waals surface area contributed by atoms with Crippen LogP contribution < -0.4 is 27.4 Å². The number of aromatic nitrogens is 1. The first-order chi connectivity index (χ1) is 18.3. The summed E-state index contributed by atoms with van der Waals surface area (Å²) < 4.78 is 0. The maximum Gasteiger partial charge on any atom is 0.326 e. The SMILES string of the molecule is CC(C)CC(NC(=O)C(Cc1c[nH]c2ccccc12)NC(=O)C(N)CC(N)=O)C(=O)NC(CC(=O)O)C(=O)O. The van der Waals surface area contributed by atoms with Crippen molar-refractivity contribution < 1.29 is 39.0 Å². The Balaban J connectivity index is 2.31. The summed E-state index contributed by atoms with van der Waals surface area (Å²) in [6.07, 6.45) is 0.428. The van der Waals surface area contributed by atoms with E-state index < -0.39 is 72.6 Å². The topological polar surface area (TPSA) is 247 Å². The molecule has 0 spiro atoms. The summed E-state index contributed by atoms with van der Waals surface area (Å²) in [5.41, 5.74) is 12.3. The zero-order valence-corrected chi connectivity index (χ0v) is 21.6. The van der Waals surface area contributed by atoms with Crippen LogP contribution in [0.15, 0.2) is 30.5 Å². The minimum absolute atomic E-state index is 0.0162. The maximum absolute atomic E-state index is 13.4. The quantitative estimate of drug-likeness (QED) is 0.136. The lowest BCUT2D eigenvalue weighted by Gasteiger charge is -2.26. The number of amides is 4. The van der Waals surface area contributed by atoms with Crippen molar-refractivity contribution in [2.24, 2.45) is 17.4 Å². The number of primary amides is 1. The first kappa shape index (κ1) is 30.8. The van der Waals surface area contributed by atoms with Gasteiger partial charge >= 0.3 is 11.9 Å². The summed E-state index contributed by atoms with van der Waals surface area (Å²) in [4.78, 5) is 75.8. The Morgan fingerprint density at radius 1 is 0.872 bits per heavy atom. The van der Waals surface area contributed by atoms with Crippen LogP contribution in [0, 0.1) is 5.92 Å². The summed E-state index contributed by atoms with van der Waals surface area (Å²) in [5.74, 6) is -6.40. The van der Waals surface area contributed by atoms with E-state index in [0.29, 0.717) is 5.56 Å². The van der Waals surface area contributed by atoms with Crippen molar-refractivity contribution in [2.75, 3.05) is 0 Å². The molecule has 1 aromatic carbocycles. The number of para-hydroxylation sites is 1. The van der Waals surface area contributed by atoms with Gasteiger partial charge in [-0.05, 0) is 24.0 Å². The fourth-order valence-electron chi connectivity index (χ4n) is 3.94. The molecule has 0 aliphatic heterocycles. The fraction of sp³-hybridized carbons (Fsp3) is 0.440. The predicted molar refractivity (Wildman–Crippen MR) is 139 cm³/mol. The van der Waals surface area contributed by atoms with Gasteiger partial charge in [0.15, 0.2) is 0 Å².